The fraction of sp³-hybridized carbons (Fsp3) is 0.647. The molecule has 0 saturated carbocycles. The summed E-state index contributed by atoms with van der Waals surface area (Å²) in [5.74, 6) is 0. The number of piperazine rings is 1. The van der Waals surface area contributed by atoms with E-state index in [4.69, 9.17) is 11.6 Å². The summed E-state index contributed by atoms with van der Waals surface area (Å²) in [6, 6.07) is 7.04. The molecule has 1 aromatic carbocycles. The van der Waals surface area contributed by atoms with Crippen LogP contribution >= 0.6 is 24.0 Å². The predicted octanol–water partition coefficient (Wildman–Crippen LogP) is 2.80. The molecule has 2 aliphatic rings. The lowest BCUT2D eigenvalue weighted by Gasteiger charge is -2.32. The van der Waals surface area contributed by atoms with E-state index in [9.17, 15) is 0 Å². The second kappa shape index (κ2) is 8.51. The van der Waals surface area contributed by atoms with E-state index in [-0.39, 0.29) is 12.4 Å². The minimum Gasteiger partial charge on any atom is -0.314 e. The Bertz CT molecular complexity index is 475. The highest BCUT2D eigenvalue weighted by molar-refractivity contribution is 6.31. The van der Waals surface area contributed by atoms with E-state index in [1.54, 1.807) is 0 Å². The van der Waals surface area contributed by atoms with Gasteiger partial charge in [0.25, 0.3) is 0 Å². The van der Waals surface area contributed by atoms with Crippen molar-refractivity contribution in [2.45, 2.75) is 32.4 Å². The molecular weight excluding hydrogens is 317 g/mol. The quantitative estimate of drug-likeness (QED) is 0.906. The van der Waals surface area contributed by atoms with Gasteiger partial charge < -0.3 is 5.32 Å². The molecule has 0 amide bonds. The van der Waals surface area contributed by atoms with Gasteiger partial charge >= 0.3 is 0 Å². The summed E-state index contributed by atoms with van der Waals surface area (Å²) in [6.45, 7) is 10.3. The molecule has 3 rings (SSSR count). The number of aryl methyl sites for hydroxylation is 1. The maximum atomic E-state index is 6.43. The molecule has 2 saturated heterocycles. The van der Waals surface area contributed by atoms with Crippen LogP contribution < -0.4 is 5.32 Å². The Morgan fingerprint density at radius 3 is 2.73 bits per heavy atom. The first-order chi connectivity index (χ1) is 10.3. The zero-order chi connectivity index (χ0) is 14.7. The Balaban J connectivity index is 0.00000176. The molecule has 0 aliphatic carbocycles. The molecule has 1 aromatic rings. The summed E-state index contributed by atoms with van der Waals surface area (Å²) in [5.41, 5.74) is 2.73. The fourth-order valence-corrected chi connectivity index (χ4v) is 3.89. The van der Waals surface area contributed by atoms with Crippen LogP contribution in [0.2, 0.25) is 5.02 Å². The van der Waals surface area contributed by atoms with E-state index in [2.05, 4.69) is 34.2 Å². The van der Waals surface area contributed by atoms with Crippen molar-refractivity contribution < 1.29 is 0 Å². The number of nitrogens with one attached hydrogen (secondary N) is 1. The van der Waals surface area contributed by atoms with Crippen LogP contribution in [-0.4, -0.2) is 55.1 Å². The number of halogens is 2. The minimum atomic E-state index is 0. The molecule has 124 valence electrons. The van der Waals surface area contributed by atoms with Gasteiger partial charge in [0.2, 0.25) is 0 Å². The van der Waals surface area contributed by atoms with Crippen LogP contribution in [-0.2, 0) is 13.0 Å². The molecule has 1 N–H and O–H groups in total. The minimum absolute atomic E-state index is 0. The van der Waals surface area contributed by atoms with Gasteiger partial charge in [-0.25, -0.2) is 0 Å². The molecule has 2 heterocycles. The third kappa shape index (κ3) is 4.15. The first-order valence-corrected chi connectivity index (χ1v) is 8.59. The van der Waals surface area contributed by atoms with Crippen molar-refractivity contribution in [3.63, 3.8) is 0 Å². The fourth-order valence-electron chi connectivity index (χ4n) is 3.64. The van der Waals surface area contributed by atoms with Gasteiger partial charge in [0.15, 0.2) is 0 Å². The van der Waals surface area contributed by atoms with Gasteiger partial charge in [-0.3, -0.25) is 9.80 Å². The highest BCUT2D eigenvalue weighted by Gasteiger charge is 2.28. The van der Waals surface area contributed by atoms with E-state index >= 15 is 0 Å². The number of nitrogens with zero attached hydrogens (tertiary/aromatic N) is 2. The monoisotopic (exact) mass is 343 g/mol. The second-order valence-electron chi connectivity index (χ2n) is 6.19. The molecule has 1 unspecified atom stereocenters. The van der Waals surface area contributed by atoms with E-state index in [1.807, 2.05) is 6.07 Å². The zero-order valence-corrected chi connectivity index (χ0v) is 14.9. The van der Waals surface area contributed by atoms with Crippen molar-refractivity contribution in [2.75, 3.05) is 39.3 Å². The van der Waals surface area contributed by atoms with Crippen LogP contribution in [0.3, 0.4) is 0 Å². The summed E-state index contributed by atoms with van der Waals surface area (Å²) in [6.07, 6.45) is 2.36. The largest absolute Gasteiger partial charge is 0.314 e. The van der Waals surface area contributed by atoms with Crippen LogP contribution in [0.4, 0.5) is 0 Å². The van der Waals surface area contributed by atoms with Crippen LogP contribution in [0.15, 0.2) is 18.2 Å². The van der Waals surface area contributed by atoms with Crippen molar-refractivity contribution in [2.24, 2.45) is 0 Å². The zero-order valence-electron chi connectivity index (χ0n) is 13.4. The number of hydrogen-bond donors (Lipinski definition) is 1. The van der Waals surface area contributed by atoms with Gasteiger partial charge in [0.1, 0.15) is 0 Å². The molecule has 2 aliphatic heterocycles. The Hall–Kier alpha value is -0.320. The number of benzene rings is 1. The molecule has 5 heteroatoms. The third-order valence-electron chi connectivity index (χ3n) is 4.89. The number of rotatable bonds is 4. The van der Waals surface area contributed by atoms with Crippen molar-refractivity contribution in [1.82, 2.24) is 15.1 Å². The Morgan fingerprint density at radius 1 is 1.23 bits per heavy atom. The molecule has 0 aromatic heterocycles. The lowest BCUT2D eigenvalue weighted by Crippen LogP contribution is -2.49. The number of hydrogen-bond acceptors (Lipinski definition) is 3. The van der Waals surface area contributed by atoms with Gasteiger partial charge in [-0.1, -0.05) is 30.7 Å². The standard InChI is InChI=1S/C17H26ClN3.ClH/c1-2-14-4-3-5-17(18)16(14)13-20-9-6-15(12-20)21-10-7-19-8-11-21;/h3-5,15,19H,2,6-13H2,1H3;1H. The van der Waals surface area contributed by atoms with Gasteiger partial charge in [-0.15, -0.1) is 12.4 Å². The van der Waals surface area contributed by atoms with Gasteiger partial charge in [0.05, 0.1) is 0 Å². The van der Waals surface area contributed by atoms with Gasteiger partial charge in [0, 0.05) is 56.9 Å². The lowest BCUT2D eigenvalue weighted by molar-refractivity contribution is 0.170. The molecule has 2 fully saturated rings. The Kier molecular flexibility index (Phi) is 6.97. The van der Waals surface area contributed by atoms with Crippen LogP contribution in [0.1, 0.15) is 24.5 Å². The van der Waals surface area contributed by atoms with Crippen LogP contribution in [0, 0.1) is 0 Å². The van der Waals surface area contributed by atoms with E-state index in [0.717, 1.165) is 37.1 Å². The summed E-state index contributed by atoms with van der Waals surface area (Å²) in [5, 5.41) is 4.37. The lowest BCUT2D eigenvalue weighted by atomic mass is 10.0. The van der Waals surface area contributed by atoms with Crippen LogP contribution in [0.5, 0.6) is 0 Å². The molecule has 1 atom stereocenters. The van der Waals surface area contributed by atoms with E-state index in [1.165, 1.54) is 43.7 Å². The molecule has 0 bridgehead atoms. The summed E-state index contributed by atoms with van der Waals surface area (Å²) in [4.78, 5) is 5.23. The predicted molar refractivity (Wildman–Crippen MR) is 96.2 cm³/mol. The number of likely N-dealkylation sites (tertiary alicyclic amines) is 1. The summed E-state index contributed by atoms with van der Waals surface area (Å²) >= 11 is 6.43. The van der Waals surface area contributed by atoms with Crippen molar-refractivity contribution in [3.8, 4) is 0 Å². The first kappa shape index (κ1) is 18.0. The third-order valence-corrected chi connectivity index (χ3v) is 5.25. The first-order valence-electron chi connectivity index (χ1n) is 8.21. The topological polar surface area (TPSA) is 18.5 Å². The maximum Gasteiger partial charge on any atom is 0.0453 e. The molecule has 22 heavy (non-hydrogen) atoms. The average molecular weight is 344 g/mol. The second-order valence-corrected chi connectivity index (χ2v) is 6.60. The van der Waals surface area contributed by atoms with Gasteiger partial charge in [-0.2, -0.15) is 0 Å². The normalized spacial score (nSPS) is 23.5. The van der Waals surface area contributed by atoms with E-state index < -0.39 is 0 Å². The molecule has 0 spiro atoms. The summed E-state index contributed by atoms with van der Waals surface area (Å²) < 4.78 is 0. The molecular formula is C17H27Cl2N3. The van der Waals surface area contributed by atoms with Crippen molar-refractivity contribution in [3.05, 3.63) is 34.3 Å². The SMILES string of the molecule is CCc1cccc(Cl)c1CN1CCC(N2CCNCC2)C1.Cl. The smallest absolute Gasteiger partial charge is 0.0453 e. The highest BCUT2D eigenvalue weighted by atomic mass is 35.5. The Morgan fingerprint density at radius 2 is 2.00 bits per heavy atom. The van der Waals surface area contributed by atoms with Crippen molar-refractivity contribution >= 4 is 24.0 Å². The molecule has 3 nitrogen and oxygen atoms in total. The highest BCUT2D eigenvalue weighted by Crippen LogP contribution is 2.25. The average Bonchev–Trinajstić information content (AvgIpc) is 2.99. The van der Waals surface area contributed by atoms with E-state index in [0.29, 0.717) is 0 Å². The summed E-state index contributed by atoms with van der Waals surface area (Å²) in [7, 11) is 0. The molecule has 0 radical (unpaired) electrons. The van der Waals surface area contributed by atoms with Gasteiger partial charge in [-0.05, 0) is 30.0 Å². The van der Waals surface area contributed by atoms with Crippen molar-refractivity contribution in [1.29, 1.82) is 0 Å². The maximum absolute atomic E-state index is 6.43. The Labute approximate surface area is 145 Å². The van der Waals surface area contributed by atoms with Crippen LogP contribution in [0.25, 0.3) is 0 Å².